The van der Waals surface area contributed by atoms with Crippen molar-refractivity contribution < 1.29 is 0 Å². The van der Waals surface area contributed by atoms with Gasteiger partial charge in [-0.05, 0) is 51.0 Å². The topological polar surface area (TPSA) is 80.0 Å². The molecule has 3 aromatic rings. The Morgan fingerprint density at radius 3 is 2.39 bits per heavy atom. The molecule has 0 spiro atoms. The Morgan fingerprint density at radius 2 is 1.73 bits per heavy atom. The predicted molar refractivity (Wildman–Crippen MR) is 134 cm³/mol. The van der Waals surface area contributed by atoms with E-state index in [1.165, 1.54) is 31.4 Å². The zero-order valence-electron chi connectivity index (χ0n) is 19.8. The molecule has 8 nitrogen and oxygen atoms in total. The van der Waals surface area contributed by atoms with Gasteiger partial charge in [0.2, 0.25) is 5.95 Å². The smallest absolute Gasteiger partial charge is 0.330 e. The Bertz CT molecular complexity index is 1130. The Kier molecular flexibility index (Phi) is 6.35. The van der Waals surface area contributed by atoms with Crippen molar-refractivity contribution in [2.45, 2.75) is 64.5 Å². The van der Waals surface area contributed by atoms with Crippen LogP contribution in [0, 0.1) is 0 Å². The van der Waals surface area contributed by atoms with Crippen molar-refractivity contribution >= 4 is 28.5 Å². The van der Waals surface area contributed by atoms with E-state index < -0.39 is 0 Å². The lowest BCUT2D eigenvalue weighted by atomic mass is 10.1. The Labute approximate surface area is 195 Å². The van der Waals surface area contributed by atoms with Crippen LogP contribution in [0.15, 0.2) is 35.3 Å². The molecule has 3 heterocycles. The van der Waals surface area contributed by atoms with Crippen molar-refractivity contribution in [3.63, 3.8) is 0 Å². The predicted octanol–water partition coefficient (Wildman–Crippen LogP) is 4.22. The molecule has 2 fully saturated rings. The van der Waals surface area contributed by atoms with Crippen LogP contribution < -0.4 is 21.2 Å². The van der Waals surface area contributed by atoms with E-state index in [-0.39, 0.29) is 17.8 Å². The van der Waals surface area contributed by atoms with Crippen molar-refractivity contribution in [3.05, 3.63) is 40.9 Å². The van der Waals surface area contributed by atoms with Crippen LogP contribution >= 0.6 is 0 Å². The Hall–Kier alpha value is -2.87. The lowest BCUT2D eigenvalue weighted by Crippen LogP contribution is -2.43. The minimum Gasteiger partial charge on any atom is -0.369 e. The third-order valence-electron chi connectivity index (χ3n) is 6.96. The molecular weight excluding hydrogens is 414 g/mol. The highest BCUT2D eigenvalue weighted by molar-refractivity contribution is 5.73. The van der Waals surface area contributed by atoms with E-state index >= 15 is 0 Å². The average molecular weight is 450 g/mol. The molecule has 2 aliphatic rings. The van der Waals surface area contributed by atoms with Crippen molar-refractivity contribution in [2.24, 2.45) is 0 Å². The maximum atomic E-state index is 13.4. The van der Waals surface area contributed by atoms with Crippen LogP contribution in [-0.2, 0) is 0 Å². The van der Waals surface area contributed by atoms with Gasteiger partial charge in [0.15, 0.2) is 5.65 Å². The number of nitrogens with one attached hydrogen (secondary N) is 2. The summed E-state index contributed by atoms with van der Waals surface area (Å²) < 4.78 is 3.78. The van der Waals surface area contributed by atoms with Gasteiger partial charge in [-0.2, -0.15) is 4.98 Å². The summed E-state index contributed by atoms with van der Waals surface area (Å²) in [5, 5.41) is 6.74. The number of rotatable bonds is 5. The zero-order chi connectivity index (χ0) is 22.8. The van der Waals surface area contributed by atoms with Gasteiger partial charge in [0.05, 0.1) is 6.20 Å². The van der Waals surface area contributed by atoms with Gasteiger partial charge in [0, 0.05) is 49.6 Å². The molecule has 0 radical (unpaired) electrons. The molecule has 33 heavy (non-hydrogen) atoms. The molecule has 0 atom stereocenters. The highest BCUT2D eigenvalue weighted by Crippen LogP contribution is 2.30. The van der Waals surface area contributed by atoms with Crippen molar-refractivity contribution in [1.29, 1.82) is 0 Å². The second-order valence-electron chi connectivity index (χ2n) is 9.57. The molecule has 1 saturated carbocycles. The number of hydrogen-bond acceptors (Lipinski definition) is 6. The van der Waals surface area contributed by atoms with Crippen LogP contribution in [0.4, 0.5) is 17.3 Å². The van der Waals surface area contributed by atoms with Crippen LogP contribution in [-0.4, -0.2) is 45.3 Å². The second kappa shape index (κ2) is 9.55. The molecule has 1 aliphatic heterocycles. The zero-order valence-corrected chi connectivity index (χ0v) is 19.8. The molecule has 0 bridgehead atoms. The first-order chi connectivity index (χ1) is 16.1. The SMILES string of the molecule is CC(C)n1c(=O)n(C2CCCCCC2)c2nc(Nc3ccc(N4CCNCC4)cc3)ncc21. The molecule has 1 aliphatic carbocycles. The van der Waals surface area contributed by atoms with Crippen LogP contribution in [0.1, 0.15) is 64.5 Å². The molecular formula is C25H35N7O. The number of nitrogens with zero attached hydrogens (tertiary/aromatic N) is 5. The molecule has 0 amide bonds. The van der Waals surface area contributed by atoms with Gasteiger partial charge in [-0.15, -0.1) is 0 Å². The number of hydrogen-bond donors (Lipinski definition) is 2. The van der Waals surface area contributed by atoms with E-state index in [0.717, 1.165) is 55.9 Å². The molecule has 8 heteroatoms. The third kappa shape index (κ3) is 4.49. The summed E-state index contributed by atoms with van der Waals surface area (Å²) >= 11 is 0. The highest BCUT2D eigenvalue weighted by Gasteiger charge is 2.24. The van der Waals surface area contributed by atoms with Crippen molar-refractivity contribution in [2.75, 3.05) is 36.4 Å². The molecule has 0 unspecified atom stereocenters. The summed E-state index contributed by atoms with van der Waals surface area (Å²) in [6.45, 7) is 8.18. The summed E-state index contributed by atoms with van der Waals surface area (Å²) in [4.78, 5) is 25.2. The number of aromatic nitrogens is 4. The summed E-state index contributed by atoms with van der Waals surface area (Å²) in [5.74, 6) is 0.528. The fourth-order valence-corrected chi connectivity index (χ4v) is 5.24. The molecule has 176 valence electrons. The van der Waals surface area contributed by atoms with Crippen LogP contribution in [0.25, 0.3) is 11.2 Å². The van der Waals surface area contributed by atoms with E-state index in [9.17, 15) is 4.79 Å². The number of fused-ring (bicyclic) bond motifs is 1. The van der Waals surface area contributed by atoms with Gasteiger partial charge in [0.1, 0.15) is 5.52 Å². The molecule has 1 saturated heterocycles. The Morgan fingerprint density at radius 1 is 1.03 bits per heavy atom. The van der Waals surface area contributed by atoms with Gasteiger partial charge < -0.3 is 15.5 Å². The third-order valence-corrected chi connectivity index (χ3v) is 6.96. The average Bonchev–Trinajstić information content (AvgIpc) is 2.96. The first-order valence-electron chi connectivity index (χ1n) is 12.4. The maximum absolute atomic E-state index is 13.4. The maximum Gasteiger partial charge on any atom is 0.330 e. The lowest BCUT2D eigenvalue weighted by molar-refractivity contribution is 0.428. The molecule has 2 N–H and O–H groups in total. The molecule has 2 aromatic heterocycles. The first-order valence-corrected chi connectivity index (χ1v) is 12.4. The minimum atomic E-state index is 0.0405. The van der Waals surface area contributed by atoms with Crippen molar-refractivity contribution in [1.82, 2.24) is 24.4 Å². The standard InChI is InChI=1S/C25H35N7O/c1-18(2)31-22-17-27-24(28-19-9-11-20(12-10-19)30-15-13-26-14-16-30)29-23(22)32(25(31)33)21-7-5-3-4-6-8-21/h9-12,17-18,21,26H,3-8,13-16H2,1-2H3,(H,27,28,29). The van der Waals surface area contributed by atoms with E-state index in [1.54, 1.807) is 6.20 Å². The fourth-order valence-electron chi connectivity index (χ4n) is 5.24. The number of imidazole rings is 1. The minimum absolute atomic E-state index is 0.0405. The fraction of sp³-hybridized carbons (Fsp3) is 0.560. The van der Waals surface area contributed by atoms with Gasteiger partial charge in [-0.25, -0.2) is 9.78 Å². The quantitative estimate of drug-likeness (QED) is 0.568. The molecule has 1 aromatic carbocycles. The van der Waals surface area contributed by atoms with Gasteiger partial charge >= 0.3 is 5.69 Å². The van der Waals surface area contributed by atoms with Crippen LogP contribution in [0.2, 0.25) is 0 Å². The van der Waals surface area contributed by atoms with Crippen LogP contribution in [0.5, 0.6) is 0 Å². The normalized spacial score (nSPS) is 18.1. The summed E-state index contributed by atoms with van der Waals surface area (Å²) in [7, 11) is 0. The summed E-state index contributed by atoms with van der Waals surface area (Å²) in [5.41, 5.74) is 3.78. The lowest BCUT2D eigenvalue weighted by Gasteiger charge is -2.29. The number of anilines is 3. The second-order valence-corrected chi connectivity index (χ2v) is 9.57. The van der Waals surface area contributed by atoms with E-state index in [1.807, 2.05) is 23.0 Å². The van der Waals surface area contributed by atoms with Crippen molar-refractivity contribution in [3.8, 4) is 0 Å². The van der Waals surface area contributed by atoms with E-state index in [2.05, 4.69) is 44.8 Å². The summed E-state index contributed by atoms with van der Waals surface area (Å²) in [6.07, 6.45) is 8.71. The summed E-state index contributed by atoms with van der Waals surface area (Å²) in [6, 6.07) is 8.70. The molecule has 5 rings (SSSR count). The van der Waals surface area contributed by atoms with E-state index in [4.69, 9.17) is 4.98 Å². The van der Waals surface area contributed by atoms with Gasteiger partial charge in [-0.3, -0.25) is 9.13 Å². The van der Waals surface area contributed by atoms with E-state index in [0.29, 0.717) is 5.95 Å². The first kappa shape index (κ1) is 21.9. The van der Waals surface area contributed by atoms with Crippen LogP contribution in [0.3, 0.4) is 0 Å². The largest absolute Gasteiger partial charge is 0.369 e. The number of benzene rings is 1. The van der Waals surface area contributed by atoms with Gasteiger partial charge in [0.25, 0.3) is 0 Å². The number of piperazine rings is 1. The van der Waals surface area contributed by atoms with Gasteiger partial charge in [-0.1, -0.05) is 25.7 Å². The Balaban J connectivity index is 1.45. The highest BCUT2D eigenvalue weighted by atomic mass is 16.2. The monoisotopic (exact) mass is 449 g/mol.